The van der Waals surface area contributed by atoms with Gasteiger partial charge in [0.15, 0.2) is 0 Å². The summed E-state index contributed by atoms with van der Waals surface area (Å²) in [5.74, 6) is 0.214. The standard InChI is InChI=1S/C14H19N3O2/c15-12-6-4-11(5-7-12)14(19)17-9-13(18)16-8-10-2-1-3-10/h4-7,10H,1-3,8-9,15H2,(H,16,18)(H,17,19). The van der Waals surface area contributed by atoms with Crippen molar-refractivity contribution in [2.45, 2.75) is 19.3 Å². The molecule has 1 saturated carbocycles. The second kappa shape index (κ2) is 6.22. The molecular formula is C14H19N3O2. The highest BCUT2D eigenvalue weighted by molar-refractivity contribution is 5.96. The summed E-state index contributed by atoms with van der Waals surface area (Å²) in [6.45, 7) is 0.729. The Labute approximate surface area is 112 Å². The van der Waals surface area contributed by atoms with E-state index in [1.807, 2.05) is 0 Å². The zero-order chi connectivity index (χ0) is 13.7. The molecule has 2 rings (SSSR count). The fourth-order valence-electron chi connectivity index (χ4n) is 1.91. The lowest BCUT2D eigenvalue weighted by Gasteiger charge is -2.25. The zero-order valence-electron chi connectivity index (χ0n) is 10.8. The predicted molar refractivity (Wildman–Crippen MR) is 73.5 cm³/mol. The number of nitrogen functional groups attached to an aromatic ring is 1. The molecule has 0 radical (unpaired) electrons. The van der Waals surface area contributed by atoms with Crippen molar-refractivity contribution >= 4 is 17.5 Å². The second-order valence-corrected chi connectivity index (χ2v) is 4.91. The van der Waals surface area contributed by atoms with Crippen molar-refractivity contribution in [3.63, 3.8) is 0 Å². The predicted octanol–water partition coefficient (Wildman–Crippen LogP) is 0.915. The average molecular weight is 261 g/mol. The maximum Gasteiger partial charge on any atom is 0.251 e. The number of rotatable bonds is 5. The van der Waals surface area contributed by atoms with E-state index in [1.54, 1.807) is 24.3 Å². The molecule has 0 unspecified atom stereocenters. The molecule has 102 valence electrons. The van der Waals surface area contributed by atoms with Gasteiger partial charge in [-0.05, 0) is 43.0 Å². The summed E-state index contributed by atoms with van der Waals surface area (Å²) in [4.78, 5) is 23.3. The molecule has 0 atom stereocenters. The fourth-order valence-corrected chi connectivity index (χ4v) is 1.91. The van der Waals surface area contributed by atoms with Crippen LogP contribution in [-0.4, -0.2) is 24.9 Å². The van der Waals surface area contributed by atoms with Crippen LogP contribution in [0.25, 0.3) is 0 Å². The third-order valence-corrected chi connectivity index (χ3v) is 3.40. The van der Waals surface area contributed by atoms with Crippen LogP contribution in [0.4, 0.5) is 5.69 Å². The summed E-state index contributed by atoms with van der Waals surface area (Å²) in [6.07, 6.45) is 3.64. The van der Waals surface area contributed by atoms with E-state index in [2.05, 4.69) is 10.6 Å². The van der Waals surface area contributed by atoms with Crippen LogP contribution in [0, 0.1) is 5.92 Å². The molecule has 5 heteroatoms. The largest absolute Gasteiger partial charge is 0.399 e. The maximum absolute atomic E-state index is 11.7. The van der Waals surface area contributed by atoms with Crippen molar-refractivity contribution in [3.05, 3.63) is 29.8 Å². The molecule has 19 heavy (non-hydrogen) atoms. The van der Waals surface area contributed by atoms with Crippen LogP contribution in [-0.2, 0) is 4.79 Å². The Morgan fingerprint density at radius 2 is 1.84 bits per heavy atom. The minimum Gasteiger partial charge on any atom is -0.399 e. The molecular weight excluding hydrogens is 242 g/mol. The molecule has 0 aromatic heterocycles. The van der Waals surface area contributed by atoms with Gasteiger partial charge in [0.1, 0.15) is 0 Å². The van der Waals surface area contributed by atoms with Crippen molar-refractivity contribution in [1.29, 1.82) is 0 Å². The number of anilines is 1. The lowest BCUT2D eigenvalue weighted by molar-refractivity contribution is -0.120. The summed E-state index contributed by atoms with van der Waals surface area (Å²) in [7, 11) is 0. The Bertz CT molecular complexity index is 452. The van der Waals surface area contributed by atoms with E-state index in [4.69, 9.17) is 5.73 Å². The number of hydrogen-bond acceptors (Lipinski definition) is 3. The molecule has 1 aliphatic carbocycles. The third kappa shape index (κ3) is 3.98. The molecule has 0 saturated heterocycles. The minimum atomic E-state index is -0.265. The number of nitrogens with one attached hydrogen (secondary N) is 2. The monoisotopic (exact) mass is 261 g/mol. The number of benzene rings is 1. The first-order valence-electron chi connectivity index (χ1n) is 6.55. The lowest BCUT2D eigenvalue weighted by Crippen LogP contribution is -2.39. The molecule has 0 aliphatic heterocycles. The van der Waals surface area contributed by atoms with E-state index < -0.39 is 0 Å². The van der Waals surface area contributed by atoms with E-state index in [0.29, 0.717) is 17.2 Å². The summed E-state index contributed by atoms with van der Waals surface area (Å²) >= 11 is 0. The first-order valence-corrected chi connectivity index (χ1v) is 6.55. The molecule has 5 nitrogen and oxygen atoms in total. The molecule has 4 N–H and O–H groups in total. The van der Waals surface area contributed by atoms with Crippen LogP contribution in [0.2, 0.25) is 0 Å². The average Bonchev–Trinajstić information content (AvgIpc) is 2.35. The van der Waals surface area contributed by atoms with E-state index in [-0.39, 0.29) is 18.4 Å². The van der Waals surface area contributed by atoms with Gasteiger partial charge >= 0.3 is 0 Å². The van der Waals surface area contributed by atoms with Crippen LogP contribution in [0.5, 0.6) is 0 Å². The van der Waals surface area contributed by atoms with Crippen LogP contribution in [0.1, 0.15) is 29.6 Å². The molecule has 1 fully saturated rings. The number of nitrogens with two attached hydrogens (primary N) is 1. The lowest BCUT2D eigenvalue weighted by atomic mass is 9.85. The summed E-state index contributed by atoms with van der Waals surface area (Å²) < 4.78 is 0. The SMILES string of the molecule is Nc1ccc(C(=O)NCC(=O)NCC2CCC2)cc1. The smallest absolute Gasteiger partial charge is 0.251 e. The molecule has 0 bridgehead atoms. The summed E-state index contributed by atoms with van der Waals surface area (Å²) in [5.41, 5.74) is 6.65. The third-order valence-electron chi connectivity index (χ3n) is 3.40. The van der Waals surface area contributed by atoms with Gasteiger partial charge in [-0.1, -0.05) is 6.42 Å². The van der Waals surface area contributed by atoms with E-state index >= 15 is 0 Å². The van der Waals surface area contributed by atoms with Crippen LogP contribution in [0.15, 0.2) is 24.3 Å². The summed E-state index contributed by atoms with van der Waals surface area (Å²) in [6, 6.07) is 6.59. The Hall–Kier alpha value is -2.04. The van der Waals surface area contributed by atoms with Gasteiger partial charge in [-0.2, -0.15) is 0 Å². The van der Waals surface area contributed by atoms with Gasteiger partial charge in [-0.15, -0.1) is 0 Å². The van der Waals surface area contributed by atoms with Gasteiger partial charge < -0.3 is 16.4 Å². The van der Waals surface area contributed by atoms with Crippen LogP contribution >= 0.6 is 0 Å². The normalized spacial score (nSPS) is 14.5. The van der Waals surface area contributed by atoms with Crippen molar-refractivity contribution in [1.82, 2.24) is 10.6 Å². The van der Waals surface area contributed by atoms with E-state index in [1.165, 1.54) is 19.3 Å². The highest BCUT2D eigenvalue weighted by Gasteiger charge is 2.17. The van der Waals surface area contributed by atoms with E-state index in [9.17, 15) is 9.59 Å². The Balaban J connectivity index is 1.70. The molecule has 0 spiro atoms. The van der Waals surface area contributed by atoms with Gasteiger partial charge in [0, 0.05) is 17.8 Å². The van der Waals surface area contributed by atoms with Gasteiger partial charge in [-0.3, -0.25) is 9.59 Å². The number of carbonyl (C=O) groups is 2. The summed E-state index contributed by atoms with van der Waals surface area (Å²) in [5, 5.41) is 5.41. The topological polar surface area (TPSA) is 84.2 Å². The Morgan fingerprint density at radius 3 is 2.42 bits per heavy atom. The Kier molecular flexibility index (Phi) is 4.39. The quantitative estimate of drug-likeness (QED) is 0.689. The van der Waals surface area contributed by atoms with Crippen LogP contribution < -0.4 is 16.4 Å². The maximum atomic E-state index is 11.7. The molecule has 1 aliphatic rings. The van der Waals surface area contributed by atoms with E-state index in [0.717, 1.165) is 6.54 Å². The second-order valence-electron chi connectivity index (χ2n) is 4.91. The highest BCUT2D eigenvalue weighted by atomic mass is 16.2. The number of amides is 2. The number of carbonyl (C=O) groups excluding carboxylic acids is 2. The van der Waals surface area contributed by atoms with Gasteiger partial charge in [0.05, 0.1) is 6.54 Å². The zero-order valence-corrected chi connectivity index (χ0v) is 10.8. The minimum absolute atomic E-state index is 0.00985. The first kappa shape index (κ1) is 13.4. The molecule has 1 aromatic carbocycles. The van der Waals surface area contributed by atoms with Gasteiger partial charge in [-0.25, -0.2) is 0 Å². The van der Waals surface area contributed by atoms with Gasteiger partial charge in [0.25, 0.3) is 5.91 Å². The highest BCUT2D eigenvalue weighted by Crippen LogP contribution is 2.24. The fraction of sp³-hybridized carbons (Fsp3) is 0.429. The van der Waals surface area contributed by atoms with Crippen molar-refractivity contribution in [2.75, 3.05) is 18.8 Å². The molecule has 2 amide bonds. The van der Waals surface area contributed by atoms with Crippen molar-refractivity contribution in [2.24, 2.45) is 5.92 Å². The van der Waals surface area contributed by atoms with Gasteiger partial charge in [0.2, 0.25) is 5.91 Å². The van der Waals surface area contributed by atoms with Crippen LogP contribution in [0.3, 0.4) is 0 Å². The number of hydrogen-bond donors (Lipinski definition) is 3. The molecule has 0 heterocycles. The van der Waals surface area contributed by atoms with Crippen molar-refractivity contribution in [3.8, 4) is 0 Å². The first-order chi connectivity index (χ1) is 9.15. The molecule has 1 aromatic rings. The Morgan fingerprint density at radius 1 is 1.16 bits per heavy atom. The van der Waals surface area contributed by atoms with Crippen molar-refractivity contribution < 1.29 is 9.59 Å².